The minimum absolute atomic E-state index is 0.0491. The maximum Gasteiger partial charge on any atom is 0.224 e. The number of rotatable bonds is 7. The molecule has 144 valence electrons. The van der Waals surface area contributed by atoms with Gasteiger partial charge < -0.3 is 5.32 Å². The summed E-state index contributed by atoms with van der Waals surface area (Å²) < 4.78 is 13.7. The van der Waals surface area contributed by atoms with Crippen LogP contribution in [-0.2, 0) is 17.0 Å². The maximum absolute atomic E-state index is 13.7. The number of amides is 1. The highest BCUT2D eigenvalue weighted by atomic mass is 35.5. The first kappa shape index (κ1) is 20.8. The van der Waals surface area contributed by atoms with Crippen molar-refractivity contribution >= 4 is 52.5 Å². The van der Waals surface area contributed by atoms with E-state index >= 15 is 0 Å². The summed E-state index contributed by atoms with van der Waals surface area (Å²) in [5.41, 5.74) is 2.67. The van der Waals surface area contributed by atoms with Crippen molar-refractivity contribution in [3.63, 3.8) is 0 Å². The highest BCUT2D eigenvalue weighted by Gasteiger charge is 2.40. The van der Waals surface area contributed by atoms with Gasteiger partial charge in [-0.15, -0.1) is 23.2 Å². The lowest BCUT2D eigenvalue weighted by molar-refractivity contribution is -0.125. The van der Waals surface area contributed by atoms with E-state index < -0.39 is 4.84 Å². The predicted molar refractivity (Wildman–Crippen MR) is 112 cm³/mol. The third kappa shape index (κ3) is 4.92. The Morgan fingerprint density at radius 2 is 2.00 bits per heavy atom. The fourth-order valence-corrected chi connectivity index (χ4v) is 5.23. The molecule has 2 atom stereocenters. The first-order valence-electron chi connectivity index (χ1n) is 8.63. The van der Waals surface area contributed by atoms with Crippen molar-refractivity contribution in [3.05, 3.63) is 70.0 Å². The van der Waals surface area contributed by atoms with Crippen molar-refractivity contribution in [2.75, 3.05) is 12.3 Å². The molecule has 2 aromatic rings. The van der Waals surface area contributed by atoms with Crippen molar-refractivity contribution in [3.8, 4) is 0 Å². The third-order valence-electron chi connectivity index (χ3n) is 4.75. The molecule has 0 saturated heterocycles. The average Bonchev–Trinajstić information content (AvgIpc) is 3.03. The molecule has 27 heavy (non-hydrogen) atoms. The van der Waals surface area contributed by atoms with Gasteiger partial charge in [0.25, 0.3) is 0 Å². The monoisotopic (exact) mass is 445 g/mol. The summed E-state index contributed by atoms with van der Waals surface area (Å²) in [5.74, 6) is 0.298. The van der Waals surface area contributed by atoms with E-state index in [0.717, 1.165) is 11.1 Å². The molecule has 1 aliphatic rings. The lowest BCUT2D eigenvalue weighted by atomic mass is 9.93. The molecule has 0 heterocycles. The fourth-order valence-electron chi connectivity index (χ4n) is 3.41. The Hall–Kier alpha value is -0.940. The zero-order chi connectivity index (χ0) is 19.4. The van der Waals surface area contributed by atoms with Crippen LogP contribution in [0.4, 0.5) is 4.39 Å². The quantitative estimate of drug-likeness (QED) is 0.444. The zero-order valence-corrected chi connectivity index (χ0v) is 17.5. The van der Waals surface area contributed by atoms with Gasteiger partial charge in [-0.1, -0.05) is 41.9 Å². The van der Waals surface area contributed by atoms with Gasteiger partial charge >= 0.3 is 0 Å². The minimum atomic E-state index is -0.637. The molecule has 0 saturated carbocycles. The van der Waals surface area contributed by atoms with E-state index in [0.29, 0.717) is 35.1 Å². The highest BCUT2D eigenvalue weighted by Crippen LogP contribution is 2.43. The molecule has 7 heteroatoms. The van der Waals surface area contributed by atoms with E-state index in [4.69, 9.17) is 34.8 Å². The molecule has 0 radical (unpaired) electrons. The van der Waals surface area contributed by atoms with Gasteiger partial charge in [-0.2, -0.15) is 11.8 Å². The molecule has 0 aliphatic heterocycles. The number of carbonyl (C=O) groups excluding carboxylic acids is 1. The smallest absolute Gasteiger partial charge is 0.224 e. The fraction of sp³-hybridized carbons (Fsp3) is 0.350. The summed E-state index contributed by atoms with van der Waals surface area (Å²) in [6.45, 7) is 0.490. The summed E-state index contributed by atoms with van der Waals surface area (Å²) in [6, 6.07) is 12.6. The van der Waals surface area contributed by atoms with Gasteiger partial charge in [-0.05, 0) is 29.7 Å². The number of fused-ring (bicyclic) bond motifs is 1. The molecule has 1 N–H and O–H groups in total. The van der Waals surface area contributed by atoms with Gasteiger partial charge in [0, 0.05) is 34.6 Å². The Morgan fingerprint density at radius 3 is 2.74 bits per heavy atom. The van der Waals surface area contributed by atoms with Crippen molar-refractivity contribution in [2.24, 2.45) is 5.92 Å². The minimum Gasteiger partial charge on any atom is -0.355 e. The molecular weight excluding hydrogens is 428 g/mol. The van der Waals surface area contributed by atoms with Gasteiger partial charge in [-0.25, -0.2) is 4.39 Å². The Kier molecular flexibility index (Phi) is 7.32. The van der Waals surface area contributed by atoms with Gasteiger partial charge in [0.05, 0.1) is 5.92 Å². The lowest BCUT2D eigenvalue weighted by Gasteiger charge is -2.21. The van der Waals surface area contributed by atoms with Crippen LogP contribution >= 0.6 is 46.6 Å². The third-order valence-corrected chi connectivity index (χ3v) is 6.63. The Bertz CT molecular complexity index is 797. The van der Waals surface area contributed by atoms with Crippen LogP contribution in [0.3, 0.4) is 0 Å². The summed E-state index contributed by atoms with van der Waals surface area (Å²) in [7, 11) is 0. The van der Waals surface area contributed by atoms with Crippen LogP contribution < -0.4 is 5.32 Å². The Morgan fingerprint density at radius 1 is 1.22 bits per heavy atom. The largest absolute Gasteiger partial charge is 0.355 e. The molecule has 2 aromatic carbocycles. The molecule has 0 aromatic heterocycles. The van der Waals surface area contributed by atoms with E-state index in [1.54, 1.807) is 12.1 Å². The van der Waals surface area contributed by atoms with Crippen LogP contribution in [0.2, 0.25) is 5.02 Å². The summed E-state index contributed by atoms with van der Waals surface area (Å²) in [5, 5.41) is 3.38. The maximum atomic E-state index is 13.7. The van der Waals surface area contributed by atoms with Crippen LogP contribution in [-0.4, -0.2) is 23.0 Å². The topological polar surface area (TPSA) is 29.1 Å². The Labute approximate surface area is 177 Å². The molecule has 3 rings (SSSR count). The summed E-state index contributed by atoms with van der Waals surface area (Å²) >= 11 is 19.9. The van der Waals surface area contributed by atoms with Crippen LogP contribution in [0.15, 0.2) is 42.5 Å². The first-order chi connectivity index (χ1) is 13.0. The normalized spacial score (nSPS) is 18.6. The number of carbonyl (C=O) groups is 1. The summed E-state index contributed by atoms with van der Waals surface area (Å²) in [6.07, 6.45) is 0.639. The van der Waals surface area contributed by atoms with Crippen LogP contribution in [0.1, 0.15) is 22.6 Å². The summed E-state index contributed by atoms with van der Waals surface area (Å²) in [4.78, 5) is 12.0. The van der Waals surface area contributed by atoms with E-state index in [1.165, 1.54) is 17.8 Å². The second-order valence-corrected chi connectivity index (χ2v) is 9.09. The predicted octanol–water partition coefficient (Wildman–Crippen LogP) is 5.59. The SMILES string of the molecule is O=C(NCCSCc1c(F)cccc1Cl)C1Cc2ccccc2C1C(Cl)Cl. The van der Waals surface area contributed by atoms with E-state index in [-0.39, 0.29) is 23.6 Å². The number of hydrogen-bond donors (Lipinski definition) is 1. The Balaban J connectivity index is 1.50. The van der Waals surface area contributed by atoms with Crippen molar-refractivity contribution in [1.82, 2.24) is 5.32 Å². The average molecular weight is 447 g/mol. The van der Waals surface area contributed by atoms with Crippen molar-refractivity contribution < 1.29 is 9.18 Å². The number of thioether (sulfide) groups is 1. The van der Waals surface area contributed by atoms with E-state index in [2.05, 4.69) is 5.32 Å². The lowest BCUT2D eigenvalue weighted by Crippen LogP contribution is -2.35. The van der Waals surface area contributed by atoms with Crippen LogP contribution in [0.5, 0.6) is 0 Å². The molecular formula is C20H19Cl3FNOS. The van der Waals surface area contributed by atoms with Gasteiger partial charge in [0.2, 0.25) is 5.91 Å². The highest BCUT2D eigenvalue weighted by molar-refractivity contribution is 7.98. The van der Waals surface area contributed by atoms with Gasteiger partial charge in [0.15, 0.2) is 0 Å². The van der Waals surface area contributed by atoms with Gasteiger partial charge in [-0.3, -0.25) is 4.79 Å². The van der Waals surface area contributed by atoms with Gasteiger partial charge in [0.1, 0.15) is 10.7 Å². The molecule has 0 bridgehead atoms. The molecule has 2 nitrogen and oxygen atoms in total. The molecule has 2 unspecified atom stereocenters. The second-order valence-electron chi connectivity index (χ2n) is 6.41. The van der Waals surface area contributed by atoms with E-state index in [9.17, 15) is 9.18 Å². The molecule has 1 aliphatic carbocycles. The number of alkyl halides is 2. The van der Waals surface area contributed by atoms with Crippen molar-refractivity contribution in [2.45, 2.75) is 22.9 Å². The first-order valence-corrected chi connectivity index (χ1v) is 11.0. The van der Waals surface area contributed by atoms with Crippen molar-refractivity contribution in [1.29, 1.82) is 0 Å². The van der Waals surface area contributed by atoms with Crippen LogP contribution in [0.25, 0.3) is 0 Å². The molecule has 0 fully saturated rings. The molecule has 1 amide bonds. The standard InChI is InChI=1S/C20H19Cl3FNOS/c21-16-6-3-7-17(24)15(16)11-27-9-8-25-20(26)14-10-12-4-1-2-5-13(12)18(14)19(22)23/h1-7,14,18-19H,8-11H2,(H,25,26). The van der Waals surface area contributed by atoms with Crippen LogP contribution in [0, 0.1) is 11.7 Å². The molecule has 0 spiro atoms. The number of hydrogen-bond acceptors (Lipinski definition) is 2. The number of benzene rings is 2. The number of halogens is 4. The van der Waals surface area contributed by atoms with E-state index in [1.807, 2.05) is 24.3 Å². The second kappa shape index (κ2) is 9.51. The number of nitrogens with one attached hydrogen (secondary N) is 1. The zero-order valence-electron chi connectivity index (χ0n) is 14.4.